The van der Waals surface area contributed by atoms with Crippen LogP contribution >= 0.6 is 11.6 Å². The van der Waals surface area contributed by atoms with Crippen LogP contribution in [0, 0.1) is 0 Å². The van der Waals surface area contributed by atoms with Gasteiger partial charge in [0.05, 0.1) is 23.5 Å². The number of amides is 2. The van der Waals surface area contributed by atoms with Crippen LogP contribution in [-0.4, -0.2) is 63.1 Å². The van der Waals surface area contributed by atoms with E-state index in [1.807, 2.05) is 56.1 Å². The second kappa shape index (κ2) is 13.2. The standard InChI is InChI=1S/C29H39ClN6O3/c1-29(2,3)35-28(38)39-16-10-6-4-5-9-15-36-19-20(13-14-25(36)37)33-27-32-18-23(30)26(34-27)22-17-31-24-12-8-7-11-21(22)24/h7-8,11-12,17-18,20,31H,4-6,9-10,13-16,19H2,1-3H3,(H,35,38)(H,32,33,34). The predicted molar refractivity (Wildman–Crippen MR) is 155 cm³/mol. The van der Waals surface area contributed by atoms with Gasteiger partial charge in [-0.3, -0.25) is 4.79 Å². The number of ether oxygens (including phenoxy) is 1. The van der Waals surface area contributed by atoms with Gasteiger partial charge in [0.1, 0.15) is 0 Å². The maximum Gasteiger partial charge on any atom is 0.407 e. The van der Waals surface area contributed by atoms with Gasteiger partial charge in [0.25, 0.3) is 0 Å². The first-order chi connectivity index (χ1) is 18.7. The quantitative estimate of drug-likeness (QED) is 0.245. The lowest BCUT2D eigenvalue weighted by Crippen LogP contribution is -2.46. The number of rotatable bonds is 11. The van der Waals surface area contributed by atoms with E-state index < -0.39 is 0 Å². The number of carbonyl (C=O) groups excluding carboxylic acids is 2. The molecule has 3 heterocycles. The van der Waals surface area contributed by atoms with Gasteiger partial charge in [-0.1, -0.05) is 49.1 Å². The summed E-state index contributed by atoms with van der Waals surface area (Å²) in [5, 5.41) is 7.76. The molecule has 0 aliphatic carbocycles. The Hall–Kier alpha value is -3.33. The molecule has 1 aliphatic rings. The van der Waals surface area contributed by atoms with Crippen molar-refractivity contribution in [2.45, 2.75) is 77.3 Å². The number of fused-ring (bicyclic) bond motifs is 1. The smallest absolute Gasteiger partial charge is 0.407 e. The van der Waals surface area contributed by atoms with Gasteiger partial charge in [0.15, 0.2) is 0 Å². The first-order valence-corrected chi connectivity index (χ1v) is 14.2. The molecule has 0 bridgehead atoms. The van der Waals surface area contributed by atoms with Gasteiger partial charge >= 0.3 is 6.09 Å². The Morgan fingerprint density at radius 3 is 2.77 bits per heavy atom. The molecule has 0 saturated carbocycles. The molecule has 3 aromatic rings. The topological polar surface area (TPSA) is 112 Å². The van der Waals surface area contributed by atoms with Gasteiger partial charge in [-0.15, -0.1) is 0 Å². The summed E-state index contributed by atoms with van der Waals surface area (Å²) < 4.78 is 5.22. The van der Waals surface area contributed by atoms with Crippen LogP contribution in [0.5, 0.6) is 0 Å². The number of aromatic amines is 1. The summed E-state index contributed by atoms with van der Waals surface area (Å²) >= 11 is 6.48. The van der Waals surface area contributed by atoms with Crippen LogP contribution < -0.4 is 10.6 Å². The average Bonchev–Trinajstić information content (AvgIpc) is 3.31. The number of benzene rings is 1. The fourth-order valence-corrected chi connectivity index (χ4v) is 4.96. The highest BCUT2D eigenvalue weighted by Crippen LogP contribution is 2.32. The van der Waals surface area contributed by atoms with Crippen molar-refractivity contribution in [2.75, 3.05) is 25.0 Å². The second-order valence-electron chi connectivity index (χ2n) is 11.1. The first-order valence-electron chi connectivity index (χ1n) is 13.8. The lowest BCUT2D eigenvalue weighted by atomic mass is 10.0. The van der Waals surface area contributed by atoms with Crippen molar-refractivity contribution in [3.63, 3.8) is 0 Å². The molecule has 210 valence electrons. The van der Waals surface area contributed by atoms with Crippen LogP contribution in [0.4, 0.5) is 10.7 Å². The predicted octanol–water partition coefficient (Wildman–Crippen LogP) is 6.16. The number of aromatic nitrogens is 3. The maximum atomic E-state index is 12.5. The maximum absolute atomic E-state index is 12.5. The zero-order chi connectivity index (χ0) is 27.8. The van der Waals surface area contributed by atoms with Gasteiger partial charge in [-0.05, 0) is 46.1 Å². The molecule has 2 amide bonds. The highest BCUT2D eigenvalue weighted by Gasteiger charge is 2.26. The minimum absolute atomic E-state index is 0.0797. The minimum atomic E-state index is -0.368. The largest absolute Gasteiger partial charge is 0.450 e. The van der Waals surface area contributed by atoms with Crippen LogP contribution in [0.3, 0.4) is 0 Å². The zero-order valence-corrected chi connectivity index (χ0v) is 23.8. The van der Waals surface area contributed by atoms with E-state index in [2.05, 4.69) is 20.6 Å². The van der Waals surface area contributed by atoms with Crippen LogP contribution in [0.25, 0.3) is 22.2 Å². The van der Waals surface area contributed by atoms with E-state index in [0.717, 1.165) is 61.5 Å². The number of halogens is 1. The Balaban J connectivity index is 1.21. The minimum Gasteiger partial charge on any atom is -0.450 e. The number of nitrogens with zero attached hydrogens (tertiary/aromatic N) is 3. The molecule has 0 radical (unpaired) electrons. The third-order valence-electron chi connectivity index (χ3n) is 6.70. The Labute approximate surface area is 235 Å². The Morgan fingerprint density at radius 1 is 1.18 bits per heavy atom. The number of anilines is 1. The summed E-state index contributed by atoms with van der Waals surface area (Å²) in [5.41, 5.74) is 2.34. The number of para-hydroxylation sites is 1. The van der Waals surface area contributed by atoms with Crippen LogP contribution in [-0.2, 0) is 9.53 Å². The van der Waals surface area contributed by atoms with Gasteiger partial charge in [-0.2, -0.15) is 0 Å². The summed E-state index contributed by atoms with van der Waals surface area (Å²) in [6.07, 6.45) is 9.29. The number of H-pyrrole nitrogens is 1. The van der Waals surface area contributed by atoms with Crippen molar-refractivity contribution >= 4 is 40.5 Å². The molecule has 4 rings (SSSR count). The van der Waals surface area contributed by atoms with Crippen molar-refractivity contribution < 1.29 is 14.3 Å². The fourth-order valence-electron chi connectivity index (χ4n) is 4.77. The third-order valence-corrected chi connectivity index (χ3v) is 6.98. The summed E-state index contributed by atoms with van der Waals surface area (Å²) in [5.74, 6) is 0.709. The zero-order valence-electron chi connectivity index (χ0n) is 23.1. The van der Waals surface area contributed by atoms with Crippen LogP contribution in [0.15, 0.2) is 36.7 Å². The van der Waals surface area contributed by atoms with Crippen molar-refractivity contribution in [1.29, 1.82) is 0 Å². The number of hydrogen-bond donors (Lipinski definition) is 3. The van der Waals surface area contributed by atoms with E-state index in [9.17, 15) is 9.59 Å². The summed E-state index contributed by atoms with van der Waals surface area (Å²) in [7, 11) is 0. The molecule has 39 heavy (non-hydrogen) atoms. The van der Waals surface area contributed by atoms with Gasteiger partial charge in [-0.25, -0.2) is 14.8 Å². The van der Waals surface area contributed by atoms with E-state index in [4.69, 9.17) is 21.3 Å². The first kappa shape index (κ1) is 28.7. The summed E-state index contributed by atoms with van der Waals surface area (Å²) in [6.45, 7) is 7.57. The lowest BCUT2D eigenvalue weighted by molar-refractivity contribution is -0.133. The Kier molecular flexibility index (Phi) is 9.67. The Morgan fingerprint density at radius 2 is 1.95 bits per heavy atom. The highest BCUT2D eigenvalue weighted by atomic mass is 35.5. The third kappa shape index (κ3) is 8.33. The normalized spacial score (nSPS) is 15.9. The lowest BCUT2D eigenvalue weighted by Gasteiger charge is -2.33. The van der Waals surface area contributed by atoms with Crippen molar-refractivity contribution in [3.05, 3.63) is 41.7 Å². The van der Waals surface area contributed by atoms with Gasteiger partial charge < -0.3 is 25.3 Å². The van der Waals surface area contributed by atoms with E-state index in [-0.39, 0.29) is 23.6 Å². The number of hydrogen-bond acceptors (Lipinski definition) is 6. The van der Waals surface area contributed by atoms with Crippen LogP contribution in [0.1, 0.15) is 65.7 Å². The molecule has 1 unspecified atom stereocenters. The van der Waals surface area contributed by atoms with Crippen molar-refractivity contribution in [3.8, 4) is 11.3 Å². The van der Waals surface area contributed by atoms with Crippen LogP contribution in [0.2, 0.25) is 5.02 Å². The molecular weight excluding hydrogens is 516 g/mol. The number of alkyl carbamates (subject to hydrolysis) is 1. The van der Waals surface area contributed by atoms with E-state index in [1.54, 1.807) is 6.20 Å². The molecule has 2 aromatic heterocycles. The number of likely N-dealkylation sites (tertiary alicyclic amines) is 1. The van der Waals surface area contributed by atoms with E-state index in [0.29, 0.717) is 36.2 Å². The average molecular weight is 555 g/mol. The van der Waals surface area contributed by atoms with E-state index >= 15 is 0 Å². The molecule has 3 N–H and O–H groups in total. The highest BCUT2D eigenvalue weighted by molar-refractivity contribution is 6.33. The number of piperidine rings is 1. The number of carbonyl (C=O) groups is 2. The SMILES string of the molecule is CC(C)(C)NC(=O)OCCCCCCCN1CC(Nc2ncc(Cl)c(-c3c[nH]c4ccccc34)n2)CCC1=O. The molecule has 1 fully saturated rings. The molecule has 1 atom stereocenters. The van der Waals surface area contributed by atoms with Gasteiger partial charge in [0, 0.05) is 53.8 Å². The van der Waals surface area contributed by atoms with Crippen molar-refractivity contribution in [2.24, 2.45) is 0 Å². The second-order valence-corrected chi connectivity index (χ2v) is 11.5. The molecular formula is C29H39ClN6O3. The summed E-state index contributed by atoms with van der Waals surface area (Å²) in [4.78, 5) is 38.6. The fraction of sp³-hybridized carbons (Fsp3) is 0.517. The molecule has 9 nitrogen and oxygen atoms in total. The number of unbranched alkanes of at least 4 members (excludes halogenated alkanes) is 4. The van der Waals surface area contributed by atoms with Crippen molar-refractivity contribution in [1.82, 2.24) is 25.2 Å². The monoisotopic (exact) mass is 554 g/mol. The van der Waals surface area contributed by atoms with Gasteiger partial charge in [0.2, 0.25) is 11.9 Å². The summed E-state index contributed by atoms with van der Waals surface area (Å²) in [6, 6.07) is 8.11. The molecule has 1 saturated heterocycles. The number of nitrogens with one attached hydrogen (secondary N) is 3. The molecule has 10 heteroatoms. The van der Waals surface area contributed by atoms with E-state index in [1.165, 1.54) is 0 Å². The Bertz CT molecular complexity index is 1270. The molecule has 0 spiro atoms. The molecule has 1 aromatic carbocycles. The molecule has 1 aliphatic heterocycles.